The summed E-state index contributed by atoms with van der Waals surface area (Å²) in [5.41, 5.74) is 2.02. The number of benzene rings is 2. The number of piperidine rings is 2. The largest absolute Gasteiger partial charge is 0.462 e. The SMILES string of the molecule is CN1C(C)(C)CC(OC(=O)CCN(CCC(=O)OC2CC(C)(C)N(C)C(C)(C)C2Cc2ccccc2)C2CCCCC2)C(Cc2ccccc2)C1(C)C. The van der Waals surface area contributed by atoms with Crippen molar-refractivity contribution in [2.45, 2.75) is 166 Å². The lowest BCUT2D eigenvalue weighted by molar-refractivity contribution is -0.170. The number of esters is 2. The Morgan fingerprint density at radius 2 is 1.00 bits per heavy atom. The van der Waals surface area contributed by atoms with Gasteiger partial charge >= 0.3 is 11.9 Å². The number of rotatable bonds is 13. The zero-order valence-corrected chi connectivity index (χ0v) is 34.8. The molecule has 7 nitrogen and oxygen atoms in total. The Morgan fingerprint density at radius 1 is 0.623 bits per heavy atom. The summed E-state index contributed by atoms with van der Waals surface area (Å²) >= 11 is 0. The van der Waals surface area contributed by atoms with Crippen LogP contribution < -0.4 is 0 Å². The second-order valence-corrected chi connectivity index (χ2v) is 18.9. The number of carbonyl (C=O) groups is 2. The van der Waals surface area contributed by atoms with Crippen LogP contribution in [0.1, 0.15) is 124 Å². The molecule has 2 saturated heterocycles. The molecule has 3 aliphatic rings. The van der Waals surface area contributed by atoms with Crippen LogP contribution in [0.4, 0.5) is 0 Å². The first kappa shape index (κ1) is 41.4. The Bertz CT molecular complexity index is 1380. The van der Waals surface area contributed by atoms with Crippen molar-refractivity contribution in [1.82, 2.24) is 14.7 Å². The average molecular weight is 730 g/mol. The fraction of sp³-hybridized carbons (Fsp3) is 0.696. The summed E-state index contributed by atoms with van der Waals surface area (Å²) in [6.07, 6.45) is 9.48. The molecule has 1 aliphatic carbocycles. The average Bonchev–Trinajstić information content (AvgIpc) is 3.11. The van der Waals surface area contributed by atoms with Gasteiger partial charge in [-0.3, -0.25) is 24.3 Å². The normalized spacial score (nSPS) is 27.3. The molecule has 3 fully saturated rings. The lowest BCUT2D eigenvalue weighted by Gasteiger charge is -2.57. The summed E-state index contributed by atoms with van der Waals surface area (Å²) in [5, 5.41) is 0. The van der Waals surface area contributed by atoms with Crippen LogP contribution in [0.3, 0.4) is 0 Å². The Labute approximate surface area is 322 Å². The molecule has 2 heterocycles. The highest BCUT2D eigenvalue weighted by Crippen LogP contribution is 2.45. The predicted molar refractivity (Wildman–Crippen MR) is 216 cm³/mol. The van der Waals surface area contributed by atoms with Crippen molar-refractivity contribution in [2.75, 3.05) is 27.2 Å². The minimum Gasteiger partial charge on any atom is -0.462 e. The van der Waals surface area contributed by atoms with Gasteiger partial charge in [-0.15, -0.1) is 0 Å². The number of carbonyl (C=O) groups excluding carboxylic acids is 2. The quantitative estimate of drug-likeness (QED) is 0.191. The number of hydrogen-bond donors (Lipinski definition) is 0. The Kier molecular flexibility index (Phi) is 13.3. The van der Waals surface area contributed by atoms with Crippen molar-refractivity contribution in [3.05, 3.63) is 71.8 Å². The van der Waals surface area contributed by atoms with Gasteiger partial charge in [0, 0.05) is 66.0 Å². The highest BCUT2D eigenvalue weighted by molar-refractivity contribution is 5.70. The molecule has 5 rings (SSSR count). The van der Waals surface area contributed by atoms with E-state index in [1.165, 1.54) is 30.4 Å². The third kappa shape index (κ3) is 9.93. The van der Waals surface area contributed by atoms with Crippen LogP contribution in [0, 0.1) is 11.8 Å². The summed E-state index contributed by atoms with van der Waals surface area (Å²) in [6, 6.07) is 21.6. The molecule has 1 saturated carbocycles. The van der Waals surface area contributed by atoms with Gasteiger partial charge in [-0.25, -0.2) is 0 Å². The number of nitrogens with zero attached hydrogens (tertiary/aromatic N) is 3. The summed E-state index contributed by atoms with van der Waals surface area (Å²) in [7, 11) is 4.42. The molecule has 294 valence electrons. The molecule has 53 heavy (non-hydrogen) atoms. The number of hydrogen-bond acceptors (Lipinski definition) is 7. The van der Waals surface area contributed by atoms with Crippen LogP contribution in [0.25, 0.3) is 0 Å². The van der Waals surface area contributed by atoms with Crippen molar-refractivity contribution in [3.63, 3.8) is 0 Å². The first-order chi connectivity index (χ1) is 24.9. The van der Waals surface area contributed by atoms with Crippen molar-refractivity contribution < 1.29 is 19.1 Å². The summed E-state index contributed by atoms with van der Waals surface area (Å²) in [6.45, 7) is 19.4. The van der Waals surface area contributed by atoms with Gasteiger partial charge in [0.2, 0.25) is 0 Å². The number of ether oxygens (including phenoxy) is 2. The number of likely N-dealkylation sites (tertiary alicyclic amines) is 2. The van der Waals surface area contributed by atoms with Crippen LogP contribution in [0.15, 0.2) is 60.7 Å². The van der Waals surface area contributed by atoms with Gasteiger partial charge in [0.15, 0.2) is 0 Å². The Morgan fingerprint density at radius 3 is 1.38 bits per heavy atom. The van der Waals surface area contributed by atoms with Crippen LogP contribution in [-0.4, -0.2) is 94.2 Å². The van der Waals surface area contributed by atoms with Gasteiger partial charge < -0.3 is 9.47 Å². The standard InChI is InChI=1S/C46H71N3O4/c1-43(2)32-39(37(45(5,6)47(43)9)30-34-20-14-11-15-21-34)52-41(50)26-28-49(36-24-18-13-19-25-36)29-27-42(51)53-40-33-44(3,4)48(10)46(7,8)38(40)31-35-22-16-12-17-23-35/h11-12,14-17,20-23,36-40H,13,18-19,24-33H2,1-10H3. The smallest absolute Gasteiger partial charge is 0.307 e. The third-order valence-corrected chi connectivity index (χ3v) is 14.1. The van der Waals surface area contributed by atoms with E-state index in [4.69, 9.17) is 9.47 Å². The first-order valence-electron chi connectivity index (χ1n) is 20.6. The fourth-order valence-electron chi connectivity index (χ4n) is 10.1. The van der Waals surface area contributed by atoms with Gasteiger partial charge in [-0.1, -0.05) is 79.9 Å². The maximum absolute atomic E-state index is 13.8. The first-order valence-corrected chi connectivity index (χ1v) is 20.6. The molecular weight excluding hydrogens is 659 g/mol. The Hall–Kier alpha value is -2.74. The third-order valence-electron chi connectivity index (χ3n) is 14.1. The highest BCUT2D eigenvalue weighted by Gasteiger charge is 2.52. The predicted octanol–water partition coefficient (Wildman–Crippen LogP) is 8.73. The molecule has 4 atom stereocenters. The van der Waals surface area contributed by atoms with E-state index in [1.54, 1.807) is 0 Å². The maximum atomic E-state index is 13.8. The van der Waals surface area contributed by atoms with Crippen LogP contribution >= 0.6 is 0 Å². The van der Waals surface area contributed by atoms with E-state index >= 15 is 0 Å². The molecule has 0 spiro atoms. The van der Waals surface area contributed by atoms with E-state index in [0.717, 1.165) is 38.5 Å². The molecule has 0 radical (unpaired) electrons. The molecule has 0 bridgehead atoms. The Balaban J connectivity index is 1.24. The van der Waals surface area contributed by atoms with Gasteiger partial charge in [0.25, 0.3) is 0 Å². The second-order valence-electron chi connectivity index (χ2n) is 18.9. The molecule has 2 aliphatic heterocycles. The lowest BCUT2D eigenvalue weighted by atomic mass is 9.68. The van der Waals surface area contributed by atoms with E-state index in [1.807, 2.05) is 0 Å². The molecule has 2 aromatic carbocycles. The molecule has 7 heteroatoms. The zero-order valence-electron chi connectivity index (χ0n) is 34.8. The molecule has 0 amide bonds. The van der Waals surface area contributed by atoms with Gasteiger partial charge in [-0.05, 0) is 106 Å². The minimum atomic E-state index is -0.172. The van der Waals surface area contributed by atoms with Gasteiger partial charge in [0.05, 0.1) is 12.8 Å². The van der Waals surface area contributed by atoms with Gasteiger partial charge in [0.1, 0.15) is 12.2 Å². The van der Waals surface area contributed by atoms with Crippen LogP contribution in [-0.2, 0) is 31.9 Å². The topological polar surface area (TPSA) is 62.3 Å². The van der Waals surface area contributed by atoms with Crippen molar-refractivity contribution in [3.8, 4) is 0 Å². The van der Waals surface area contributed by atoms with E-state index in [9.17, 15) is 9.59 Å². The highest BCUT2D eigenvalue weighted by atomic mass is 16.5. The van der Waals surface area contributed by atoms with Crippen molar-refractivity contribution >= 4 is 11.9 Å². The van der Waals surface area contributed by atoms with Crippen molar-refractivity contribution in [2.24, 2.45) is 11.8 Å². The molecule has 4 unspecified atom stereocenters. The zero-order chi connectivity index (χ0) is 38.6. The van der Waals surface area contributed by atoms with E-state index in [2.05, 4.69) is 145 Å². The molecule has 0 N–H and O–H groups in total. The summed E-state index contributed by atoms with van der Waals surface area (Å²) in [4.78, 5) is 34.9. The minimum absolute atomic E-state index is 0.103. The van der Waals surface area contributed by atoms with Gasteiger partial charge in [-0.2, -0.15) is 0 Å². The lowest BCUT2D eigenvalue weighted by Crippen LogP contribution is -2.66. The van der Waals surface area contributed by atoms with E-state index in [-0.39, 0.29) is 58.1 Å². The summed E-state index contributed by atoms with van der Waals surface area (Å²) < 4.78 is 13.0. The van der Waals surface area contributed by atoms with Crippen LogP contribution in [0.2, 0.25) is 0 Å². The summed E-state index contributed by atoms with van der Waals surface area (Å²) in [5.74, 6) is 0.0620. The fourth-order valence-corrected chi connectivity index (χ4v) is 10.1. The maximum Gasteiger partial charge on any atom is 0.307 e. The van der Waals surface area contributed by atoms with Crippen molar-refractivity contribution in [1.29, 1.82) is 0 Å². The molecule has 2 aromatic rings. The monoisotopic (exact) mass is 730 g/mol. The molecular formula is C46H71N3O4. The van der Waals surface area contributed by atoms with Crippen LogP contribution in [0.5, 0.6) is 0 Å². The van der Waals surface area contributed by atoms with E-state index in [0.29, 0.717) is 32.0 Å². The second kappa shape index (κ2) is 17.0. The van der Waals surface area contributed by atoms with E-state index < -0.39 is 0 Å². The molecule has 0 aromatic heterocycles.